The minimum atomic E-state index is -1.08. The number of guanidine groups is 1. The van der Waals surface area contributed by atoms with Gasteiger partial charge in [0.15, 0.2) is 0 Å². The number of rotatable bonds is 6. The van der Waals surface area contributed by atoms with Crippen LogP contribution < -0.4 is 16.4 Å². The van der Waals surface area contributed by atoms with Crippen molar-refractivity contribution in [2.24, 2.45) is 10.7 Å². The number of nitrogens with one attached hydrogen (secondary N) is 2. The van der Waals surface area contributed by atoms with Crippen LogP contribution in [-0.2, 0) is 9.59 Å². The number of carboxylic acid groups (broad SMARTS) is 2. The molecule has 28 heavy (non-hydrogen) atoms. The SMILES string of the molecule is CN=C(NC(N)=O)Nc1c(C(C)C)cccc1C(C)C.O=C(O)CCC(=O)O. The van der Waals surface area contributed by atoms with Crippen LogP contribution in [0.2, 0.25) is 0 Å². The predicted molar refractivity (Wildman–Crippen MR) is 109 cm³/mol. The maximum absolute atomic E-state index is 11.0. The van der Waals surface area contributed by atoms with Gasteiger partial charge in [0.1, 0.15) is 0 Å². The zero-order valence-electron chi connectivity index (χ0n) is 16.9. The Morgan fingerprint density at radius 1 is 1.00 bits per heavy atom. The number of benzene rings is 1. The molecule has 1 aromatic carbocycles. The van der Waals surface area contributed by atoms with Gasteiger partial charge in [0.25, 0.3) is 0 Å². The number of anilines is 1. The van der Waals surface area contributed by atoms with Gasteiger partial charge >= 0.3 is 18.0 Å². The van der Waals surface area contributed by atoms with Crippen molar-refractivity contribution in [1.29, 1.82) is 0 Å². The Labute approximate surface area is 165 Å². The molecule has 0 atom stereocenters. The molecule has 0 fully saturated rings. The lowest BCUT2D eigenvalue weighted by Gasteiger charge is -2.21. The number of carbonyl (C=O) groups excluding carboxylic acids is 1. The van der Waals surface area contributed by atoms with Gasteiger partial charge in [-0.3, -0.25) is 19.9 Å². The zero-order valence-corrected chi connectivity index (χ0v) is 16.9. The Hall–Kier alpha value is -3.10. The van der Waals surface area contributed by atoms with Crippen LogP contribution in [-0.4, -0.2) is 41.2 Å². The molecular weight excluding hydrogens is 364 g/mol. The lowest BCUT2D eigenvalue weighted by Crippen LogP contribution is -2.39. The van der Waals surface area contributed by atoms with E-state index in [1.807, 2.05) is 0 Å². The molecule has 0 unspecified atom stereocenters. The molecule has 2 amide bonds. The highest BCUT2D eigenvalue weighted by Gasteiger charge is 2.15. The van der Waals surface area contributed by atoms with Crippen LogP contribution >= 0.6 is 0 Å². The van der Waals surface area contributed by atoms with E-state index in [4.69, 9.17) is 15.9 Å². The first-order valence-corrected chi connectivity index (χ1v) is 8.86. The summed E-state index contributed by atoms with van der Waals surface area (Å²) in [6.07, 6.45) is -0.593. The van der Waals surface area contributed by atoms with Crippen molar-refractivity contribution < 1.29 is 24.6 Å². The second kappa shape index (κ2) is 12.3. The van der Waals surface area contributed by atoms with E-state index in [2.05, 4.69) is 61.5 Å². The van der Waals surface area contributed by atoms with Gasteiger partial charge in [0, 0.05) is 12.7 Å². The van der Waals surface area contributed by atoms with Gasteiger partial charge in [-0.15, -0.1) is 0 Å². The number of nitrogens with zero attached hydrogens (tertiary/aromatic N) is 1. The van der Waals surface area contributed by atoms with Gasteiger partial charge in [0.2, 0.25) is 5.96 Å². The molecule has 9 nitrogen and oxygen atoms in total. The van der Waals surface area contributed by atoms with Crippen molar-refractivity contribution in [3.05, 3.63) is 29.3 Å². The van der Waals surface area contributed by atoms with Crippen LogP contribution in [0.15, 0.2) is 23.2 Å². The number of aliphatic carboxylic acids is 2. The van der Waals surface area contributed by atoms with Crippen LogP contribution in [0.25, 0.3) is 0 Å². The van der Waals surface area contributed by atoms with E-state index in [1.54, 1.807) is 7.05 Å². The lowest BCUT2D eigenvalue weighted by atomic mass is 9.93. The van der Waals surface area contributed by atoms with E-state index in [9.17, 15) is 14.4 Å². The number of hydrogen-bond donors (Lipinski definition) is 5. The largest absolute Gasteiger partial charge is 0.481 e. The maximum atomic E-state index is 11.0. The number of carboxylic acids is 2. The summed E-state index contributed by atoms with van der Waals surface area (Å²) >= 11 is 0. The molecule has 0 saturated heterocycles. The molecular formula is C19H30N4O5. The number of para-hydroxylation sites is 1. The summed E-state index contributed by atoms with van der Waals surface area (Å²) < 4.78 is 0. The summed E-state index contributed by atoms with van der Waals surface area (Å²) in [6, 6.07) is 5.58. The Kier molecular flexibility index (Phi) is 11.0. The van der Waals surface area contributed by atoms with E-state index in [1.165, 1.54) is 11.1 Å². The number of hydrogen-bond acceptors (Lipinski definition) is 4. The molecule has 0 aliphatic heterocycles. The molecule has 9 heteroatoms. The molecule has 0 aromatic heterocycles. The second-order valence-corrected chi connectivity index (χ2v) is 6.59. The summed E-state index contributed by atoms with van der Waals surface area (Å²) in [5.41, 5.74) is 8.51. The fraction of sp³-hybridized carbons (Fsp3) is 0.474. The lowest BCUT2D eigenvalue weighted by molar-refractivity contribution is -0.143. The summed E-state index contributed by atoms with van der Waals surface area (Å²) in [4.78, 5) is 34.3. The summed E-state index contributed by atoms with van der Waals surface area (Å²) in [7, 11) is 1.60. The Balaban J connectivity index is 0.000000769. The number of primary amides is 1. The van der Waals surface area contributed by atoms with E-state index in [-0.39, 0.29) is 12.8 Å². The van der Waals surface area contributed by atoms with Crippen LogP contribution in [0.5, 0.6) is 0 Å². The highest BCUT2D eigenvalue weighted by Crippen LogP contribution is 2.32. The van der Waals surface area contributed by atoms with Crippen molar-refractivity contribution in [3.63, 3.8) is 0 Å². The monoisotopic (exact) mass is 394 g/mol. The quantitative estimate of drug-likeness (QED) is 0.369. The third-order valence-corrected chi connectivity index (χ3v) is 3.63. The number of nitrogens with two attached hydrogens (primary N) is 1. The fourth-order valence-electron chi connectivity index (χ4n) is 2.29. The zero-order chi connectivity index (χ0) is 21.9. The molecule has 0 aliphatic carbocycles. The molecule has 156 valence electrons. The van der Waals surface area contributed by atoms with E-state index >= 15 is 0 Å². The minimum Gasteiger partial charge on any atom is -0.481 e. The topological polar surface area (TPSA) is 154 Å². The number of amides is 2. The molecule has 1 rings (SSSR count). The van der Waals surface area contributed by atoms with Crippen LogP contribution in [0.1, 0.15) is 63.5 Å². The van der Waals surface area contributed by atoms with E-state index in [0.29, 0.717) is 17.8 Å². The Morgan fingerprint density at radius 3 is 1.71 bits per heavy atom. The normalized spacial score (nSPS) is 10.9. The first-order valence-electron chi connectivity index (χ1n) is 8.86. The molecule has 0 aliphatic rings. The third-order valence-electron chi connectivity index (χ3n) is 3.63. The summed E-state index contributed by atoms with van der Waals surface area (Å²) in [5.74, 6) is -1.07. The first-order chi connectivity index (χ1) is 13.0. The van der Waals surface area contributed by atoms with Crippen LogP contribution in [0.3, 0.4) is 0 Å². The smallest absolute Gasteiger partial charge is 0.318 e. The standard InChI is InChI=1S/C15H24N4O.C4H6O4/c1-9(2)11-7-6-8-12(10(3)4)13(11)18-15(17-5)19-14(16)20;5-3(6)1-2-4(7)8/h6-10H,1-5H3,(H4,16,17,18,19,20);1-2H2,(H,5,6)(H,7,8). The second-order valence-electron chi connectivity index (χ2n) is 6.59. The number of urea groups is 1. The summed E-state index contributed by atoms with van der Waals surface area (Å²) in [5, 5.41) is 21.5. The summed E-state index contributed by atoms with van der Waals surface area (Å²) in [6.45, 7) is 8.54. The van der Waals surface area contributed by atoms with Crippen LogP contribution in [0.4, 0.5) is 10.5 Å². The average molecular weight is 394 g/mol. The Morgan fingerprint density at radius 2 is 1.43 bits per heavy atom. The van der Waals surface area contributed by atoms with Crippen molar-refractivity contribution in [1.82, 2.24) is 5.32 Å². The highest BCUT2D eigenvalue weighted by atomic mass is 16.4. The predicted octanol–water partition coefficient (Wildman–Crippen LogP) is 2.94. The number of aliphatic imine (C=N–C) groups is 1. The van der Waals surface area contributed by atoms with Gasteiger partial charge in [-0.25, -0.2) is 4.79 Å². The van der Waals surface area contributed by atoms with E-state index < -0.39 is 18.0 Å². The molecule has 6 N–H and O–H groups in total. The maximum Gasteiger partial charge on any atom is 0.318 e. The van der Waals surface area contributed by atoms with E-state index in [0.717, 1.165) is 5.69 Å². The number of carbonyl (C=O) groups is 3. The van der Waals surface area contributed by atoms with Crippen molar-refractivity contribution >= 4 is 29.6 Å². The van der Waals surface area contributed by atoms with Crippen molar-refractivity contribution in [2.75, 3.05) is 12.4 Å². The molecule has 0 saturated carbocycles. The molecule has 0 bridgehead atoms. The third kappa shape index (κ3) is 9.56. The van der Waals surface area contributed by atoms with Gasteiger partial charge in [-0.1, -0.05) is 45.9 Å². The Bertz CT molecular complexity index is 674. The molecule has 1 aromatic rings. The van der Waals surface area contributed by atoms with Gasteiger partial charge in [-0.2, -0.15) is 0 Å². The van der Waals surface area contributed by atoms with Crippen molar-refractivity contribution in [2.45, 2.75) is 52.4 Å². The van der Waals surface area contributed by atoms with Gasteiger partial charge in [0.05, 0.1) is 12.8 Å². The molecule has 0 radical (unpaired) electrons. The van der Waals surface area contributed by atoms with Gasteiger partial charge < -0.3 is 21.3 Å². The van der Waals surface area contributed by atoms with Crippen LogP contribution in [0, 0.1) is 0 Å². The average Bonchev–Trinajstić information content (AvgIpc) is 2.59. The molecule has 0 heterocycles. The first kappa shape index (κ1) is 24.9. The highest BCUT2D eigenvalue weighted by molar-refractivity contribution is 6.04. The fourth-order valence-corrected chi connectivity index (χ4v) is 2.29. The molecule has 0 spiro atoms. The van der Waals surface area contributed by atoms with Gasteiger partial charge in [-0.05, 0) is 23.0 Å². The minimum absolute atomic E-state index is 0.296. The van der Waals surface area contributed by atoms with Crippen molar-refractivity contribution in [3.8, 4) is 0 Å².